The zero-order chi connectivity index (χ0) is 19.7. The molecule has 1 unspecified atom stereocenters. The number of hydrogen-bond donors (Lipinski definition) is 3. The number of carboxylic acids is 1. The van der Waals surface area contributed by atoms with E-state index in [2.05, 4.69) is 4.98 Å². The van der Waals surface area contributed by atoms with Crippen molar-refractivity contribution in [3.05, 3.63) is 59.9 Å². The quantitative estimate of drug-likeness (QED) is 0.463. The van der Waals surface area contributed by atoms with E-state index in [4.69, 9.17) is 15.6 Å². The first-order chi connectivity index (χ1) is 12.8. The number of fused-ring (bicyclic) bond motifs is 1. The number of Topliss-reactive ketones (excluding diaryl/α,β-unsaturated/α-hetero) is 1. The van der Waals surface area contributed by atoms with E-state index in [0.29, 0.717) is 5.39 Å². The number of nitrogens with zero attached hydrogens (tertiary/aromatic N) is 1. The lowest BCUT2D eigenvalue weighted by atomic mass is 10.1. The van der Waals surface area contributed by atoms with E-state index in [9.17, 15) is 23.5 Å². The molecule has 0 saturated carbocycles. The molecule has 1 aromatic heterocycles. The standard InChI is InChI=1S/C18H12F2N2O5/c19-12-4-2-10(6-13(12)20)27-9-1-3-11-8(5-9)7-22-15(16(11)23)17(24)14(21)18(25)26/h1-7,14,23H,21H2,(H,25,26). The minimum atomic E-state index is -1.85. The number of hydrogen-bond acceptors (Lipinski definition) is 6. The molecule has 1 atom stereocenters. The third-order valence-electron chi connectivity index (χ3n) is 3.74. The van der Waals surface area contributed by atoms with E-state index in [1.807, 2.05) is 0 Å². The van der Waals surface area contributed by atoms with E-state index in [1.165, 1.54) is 30.5 Å². The van der Waals surface area contributed by atoms with Crippen molar-refractivity contribution in [1.29, 1.82) is 0 Å². The van der Waals surface area contributed by atoms with Crippen LogP contribution in [0, 0.1) is 11.6 Å². The largest absolute Gasteiger partial charge is 0.505 e. The van der Waals surface area contributed by atoms with Crippen LogP contribution in [0.5, 0.6) is 17.2 Å². The normalized spacial score (nSPS) is 12.0. The van der Waals surface area contributed by atoms with Gasteiger partial charge in [0.1, 0.15) is 11.5 Å². The number of aliphatic carboxylic acids is 1. The Labute approximate surface area is 150 Å². The van der Waals surface area contributed by atoms with E-state index >= 15 is 0 Å². The second-order valence-corrected chi connectivity index (χ2v) is 5.56. The summed E-state index contributed by atoms with van der Waals surface area (Å²) in [7, 11) is 0. The van der Waals surface area contributed by atoms with Crippen molar-refractivity contribution in [3.63, 3.8) is 0 Å². The van der Waals surface area contributed by atoms with Gasteiger partial charge in [0.2, 0.25) is 5.78 Å². The average molecular weight is 374 g/mol. The van der Waals surface area contributed by atoms with Gasteiger partial charge in [-0.2, -0.15) is 0 Å². The number of ketones is 1. The van der Waals surface area contributed by atoms with Crippen LogP contribution >= 0.6 is 0 Å². The monoisotopic (exact) mass is 374 g/mol. The molecule has 4 N–H and O–H groups in total. The topological polar surface area (TPSA) is 123 Å². The molecule has 0 saturated heterocycles. The number of rotatable bonds is 5. The van der Waals surface area contributed by atoms with Gasteiger partial charge in [0.25, 0.3) is 0 Å². The summed E-state index contributed by atoms with van der Waals surface area (Å²) in [5, 5.41) is 19.6. The molecule has 7 nitrogen and oxygen atoms in total. The number of carbonyl (C=O) groups is 2. The minimum Gasteiger partial charge on any atom is -0.505 e. The fourth-order valence-corrected chi connectivity index (χ4v) is 2.37. The Morgan fingerprint density at radius 2 is 1.74 bits per heavy atom. The summed E-state index contributed by atoms with van der Waals surface area (Å²) in [4.78, 5) is 26.6. The summed E-state index contributed by atoms with van der Waals surface area (Å²) in [5.74, 6) is -4.87. The van der Waals surface area contributed by atoms with Crippen LogP contribution in [-0.2, 0) is 4.79 Å². The van der Waals surface area contributed by atoms with E-state index in [-0.39, 0.29) is 16.9 Å². The number of carbonyl (C=O) groups excluding carboxylic acids is 1. The first-order valence-electron chi connectivity index (χ1n) is 7.55. The molecule has 27 heavy (non-hydrogen) atoms. The summed E-state index contributed by atoms with van der Waals surface area (Å²) < 4.78 is 31.6. The molecular weight excluding hydrogens is 362 g/mol. The van der Waals surface area contributed by atoms with Crippen LogP contribution < -0.4 is 10.5 Å². The second kappa shape index (κ2) is 6.96. The molecule has 0 bridgehead atoms. The van der Waals surface area contributed by atoms with Crippen molar-refractivity contribution in [2.45, 2.75) is 6.04 Å². The van der Waals surface area contributed by atoms with Crippen molar-refractivity contribution < 1.29 is 33.3 Å². The first kappa shape index (κ1) is 18.2. The predicted molar refractivity (Wildman–Crippen MR) is 89.8 cm³/mol. The van der Waals surface area contributed by atoms with Crippen LogP contribution in [0.25, 0.3) is 10.8 Å². The predicted octanol–water partition coefficient (Wildman–Crippen LogP) is 2.61. The Morgan fingerprint density at radius 1 is 1.07 bits per heavy atom. The van der Waals surface area contributed by atoms with Crippen LogP contribution in [0.4, 0.5) is 8.78 Å². The maximum atomic E-state index is 13.2. The van der Waals surface area contributed by atoms with Gasteiger partial charge in [0, 0.05) is 23.0 Å². The molecule has 0 aliphatic heterocycles. The van der Waals surface area contributed by atoms with Crippen LogP contribution in [0.3, 0.4) is 0 Å². The maximum Gasteiger partial charge on any atom is 0.328 e. The molecule has 3 aromatic rings. The first-order valence-corrected chi connectivity index (χ1v) is 7.55. The lowest BCUT2D eigenvalue weighted by molar-refractivity contribution is -0.137. The van der Waals surface area contributed by atoms with Gasteiger partial charge in [-0.05, 0) is 30.3 Å². The maximum absolute atomic E-state index is 13.2. The summed E-state index contributed by atoms with van der Waals surface area (Å²) in [6.45, 7) is 0. The van der Waals surface area contributed by atoms with Gasteiger partial charge in [-0.15, -0.1) is 0 Å². The van der Waals surface area contributed by atoms with Crippen molar-refractivity contribution in [2.75, 3.05) is 0 Å². The minimum absolute atomic E-state index is 0.0599. The van der Waals surface area contributed by atoms with Gasteiger partial charge in [0.05, 0.1) is 0 Å². The van der Waals surface area contributed by atoms with Crippen LogP contribution in [0.15, 0.2) is 42.6 Å². The highest BCUT2D eigenvalue weighted by Gasteiger charge is 2.27. The van der Waals surface area contributed by atoms with Gasteiger partial charge >= 0.3 is 5.97 Å². The Kier molecular flexibility index (Phi) is 4.70. The third kappa shape index (κ3) is 3.53. The molecule has 0 amide bonds. The number of carboxylic acid groups (broad SMARTS) is 1. The molecule has 0 radical (unpaired) electrons. The fraction of sp³-hybridized carbons (Fsp3) is 0.0556. The number of benzene rings is 2. The molecule has 0 fully saturated rings. The zero-order valence-electron chi connectivity index (χ0n) is 13.5. The van der Waals surface area contributed by atoms with Crippen molar-refractivity contribution in [3.8, 4) is 17.2 Å². The summed E-state index contributed by atoms with van der Waals surface area (Å²) in [6.07, 6.45) is 1.23. The Balaban J connectivity index is 1.95. The highest BCUT2D eigenvalue weighted by atomic mass is 19.2. The molecule has 1 heterocycles. The number of ether oxygens (including phenoxy) is 1. The van der Waals surface area contributed by atoms with Crippen molar-refractivity contribution in [2.24, 2.45) is 5.73 Å². The SMILES string of the molecule is NC(C(=O)O)C(=O)c1ncc2cc(Oc3ccc(F)c(F)c3)ccc2c1O. The van der Waals surface area contributed by atoms with Crippen molar-refractivity contribution in [1.82, 2.24) is 4.98 Å². The third-order valence-corrected chi connectivity index (χ3v) is 3.74. The lowest BCUT2D eigenvalue weighted by Gasteiger charge is -2.10. The van der Waals surface area contributed by atoms with Crippen LogP contribution in [0.2, 0.25) is 0 Å². The summed E-state index contributed by atoms with van der Waals surface area (Å²) in [5.41, 5.74) is 4.79. The molecule has 0 aliphatic carbocycles. The smallest absolute Gasteiger partial charge is 0.328 e. The molecule has 0 spiro atoms. The second-order valence-electron chi connectivity index (χ2n) is 5.56. The van der Waals surface area contributed by atoms with Gasteiger partial charge in [0.15, 0.2) is 29.1 Å². The Morgan fingerprint density at radius 3 is 2.41 bits per heavy atom. The zero-order valence-corrected chi connectivity index (χ0v) is 13.5. The Bertz CT molecular complexity index is 1070. The van der Waals surface area contributed by atoms with E-state index in [1.54, 1.807) is 0 Å². The number of aromatic hydroxyl groups is 1. The Hall–Kier alpha value is -3.59. The highest BCUT2D eigenvalue weighted by Crippen LogP contribution is 2.32. The van der Waals surface area contributed by atoms with Crippen molar-refractivity contribution >= 4 is 22.5 Å². The molecule has 138 valence electrons. The van der Waals surface area contributed by atoms with Gasteiger partial charge < -0.3 is 20.7 Å². The van der Waals surface area contributed by atoms with Gasteiger partial charge in [-0.25, -0.2) is 13.8 Å². The van der Waals surface area contributed by atoms with Crippen LogP contribution in [0.1, 0.15) is 10.5 Å². The number of aromatic nitrogens is 1. The fourth-order valence-electron chi connectivity index (χ4n) is 2.37. The summed E-state index contributed by atoms with van der Waals surface area (Å²) in [6, 6.07) is 5.48. The van der Waals surface area contributed by atoms with Crippen LogP contribution in [-0.4, -0.2) is 33.0 Å². The average Bonchev–Trinajstić information content (AvgIpc) is 2.64. The summed E-state index contributed by atoms with van der Waals surface area (Å²) >= 11 is 0. The molecule has 2 aromatic carbocycles. The molecular formula is C18H12F2N2O5. The van der Waals surface area contributed by atoms with Gasteiger partial charge in [-0.3, -0.25) is 9.59 Å². The molecule has 0 aliphatic rings. The number of halogens is 2. The van der Waals surface area contributed by atoms with Gasteiger partial charge in [-0.1, -0.05) is 0 Å². The molecule has 3 rings (SSSR count). The van der Waals surface area contributed by atoms with E-state index in [0.717, 1.165) is 12.1 Å². The lowest BCUT2D eigenvalue weighted by Crippen LogP contribution is -2.38. The molecule has 9 heteroatoms. The van der Waals surface area contributed by atoms with E-state index < -0.39 is 40.9 Å². The number of nitrogens with two attached hydrogens (primary N) is 1. The highest BCUT2D eigenvalue weighted by molar-refractivity contribution is 6.13. The number of pyridine rings is 1.